The molecule has 23 heavy (non-hydrogen) atoms. The summed E-state index contributed by atoms with van der Waals surface area (Å²) >= 11 is 0. The first-order valence-corrected chi connectivity index (χ1v) is 7.85. The second kappa shape index (κ2) is 8.82. The van der Waals surface area contributed by atoms with Crippen molar-refractivity contribution in [1.29, 1.82) is 0 Å². The van der Waals surface area contributed by atoms with Crippen LogP contribution in [0.4, 0.5) is 0 Å². The lowest BCUT2D eigenvalue weighted by atomic mass is 10.2. The lowest BCUT2D eigenvalue weighted by Crippen LogP contribution is -2.37. The molecule has 0 radical (unpaired) electrons. The second-order valence-electron chi connectivity index (χ2n) is 5.17. The van der Waals surface area contributed by atoms with E-state index in [9.17, 15) is 0 Å². The van der Waals surface area contributed by atoms with Crippen molar-refractivity contribution in [2.75, 3.05) is 20.2 Å². The summed E-state index contributed by atoms with van der Waals surface area (Å²) in [6.07, 6.45) is 4.82. The molecule has 2 rings (SSSR count). The first-order valence-electron chi connectivity index (χ1n) is 7.85. The number of aryl methyl sites for hydroxylation is 1. The van der Waals surface area contributed by atoms with E-state index < -0.39 is 0 Å². The zero-order chi connectivity index (χ0) is 16.5. The SMILES string of the molecule is CCOc1ccccc1CNC(=NC)NCCc1cnn(C)c1. The van der Waals surface area contributed by atoms with Gasteiger partial charge >= 0.3 is 0 Å². The Balaban J connectivity index is 1.81. The lowest BCUT2D eigenvalue weighted by molar-refractivity contribution is 0.336. The molecule has 2 aromatic rings. The molecule has 2 N–H and O–H groups in total. The Labute approximate surface area is 137 Å². The van der Waals surface area contributed by atoms with Gasteiger partial charge in [0, 0.05) is 38.9 Å². The minimum absolute atomic E-state index is 0.662. The zero-order valence-corrected chi connectivity index (χ0v) is 14.0. The standard InChI is InChI=1S/C17H25N5O/c1-4-23-16-8-6-5-7-15(16)12-20-17(18-2)19-10-9-14-11-21-22(3)13-14/h5-8,11,13H,4,9-10,12H2,1-3H3,(H2,18,19,20). The van der Waals surface area contributed by atoms with Crippen LogP contribution in [-0.4, -0.2) is 35.9 Å². The summed E-state index contributed by atoms with van der Waals surface area (Å²) in [4.78, 5) is 4.25. The summed E-state index contributed by atoms with van der Waals surface area (Å²) in [5, 5.41) is 10.8. The first kappa shape index (κ1) is 16.9. The third-order valence-electron chi connectivity index (χ3n) is 3.41. The molecule has 0 spiro atoms. The molecule has 0 unspecified atom stereocenters. The number of nitrogens with zero attached hydrogens (tertiary/aromatic N) is 3. The topological polar surface area (TPSA) is 63.5 Å². The van der Waals surface area contributed by atoms with E-state index in [1.807, 2.05) is 49.2 Å². The van der Waals surface area contributed by atoms with Gasteiger partial charge in [-0.1, -0.05) is 18.2 Å². The maximum Gasteiger partial charge on any atom is 0.191 e. The van der Waals surface area contributed by atoms with Crippen molar-refractivity contribution in [2.24, 2.45) is 12.0 Å². The molecule has 124 valence electrons. The third-order valence-corrected chi connectivity index (χ3v) is 3.41. The lowest BCUT2D eigenvalue weighted by Gasteiger charge is -2.14. The van der Waals surface area contributed by atoms with Gasteiger partial charge in [-0.25, -0.2) is 0 Å². The van der Waals surface area contributed by atoms with Gasteiger partial charge in [-0.15, -0.1) is 0 Å². The number of hydrogen-bond acceptors (Lipinski definition) is 3. The van der Waals surface area contributed by atoms with Gasteiger partial charge in [0.25, 0.3) is 0 Å². The fraction of sp³-hybridized carbons (Fsp3) is 0.412. The van der Waals surface area contributed by atoms with Gasteiger partial charge in [0.1, 0.15) is 5.75 Å². The number of guanidine groups is 1. The van der Waals surface area contributed by atoms with E-state index in [2.05, 4.69) is 26.8 Å². The van der Waals surface area contributed by atoms with Gasteiger partial charge in [0.15, 0.2) is 5.96 Å². The molecule has 1 aromatic carbocycles. The summed E-state index contributed by atoms with van der Waals surface area (Å²) in [5.74, 6) is 1.69. The number of para-hydroxylation sites is 1. The van der Waals surface area contributed by atoms with Crippen LogP contribution >= 0.6 is 0 Å². The summed E-state index contributed by atoms with van der Waals surface area (Å²) in [6.45, 7) is 4.12. The van der Waals surface area contributed by atoms with Crippen molar-refractivity contribution in [3.63, 3.8) is 0 Å². The van der Waals surface area contributed by atoms with Crippen LogP contribution in [0.2, 0.25) is 0 Å². The van der Waals surface area contributed by atoms with Gasteiger partial charge in [0.05, 0.1) is 12.8 Å². The molecule has 0 atom stereocenters. The maximum atomic E-state index is 5.63. The molecule has 0 aliphatic heterocycles. The van der Waals surface area contributed by atoms with Crippen molar-refractivity contribution >= 4 is 5.96 Å². The predicted octanol–water partition coefficient (Wildman–Crippen LogP) is 1.73. The Bertz CT molecular complexity index is 635. The molecular formula is C17H25N5O. The van der Waals surface area contributed by atoms with Crippen molar-refractivity contribution in [2.45, 2.75) is 19.9 Å². The van der Waals surface area contributed by atoms with Crippen LogP contribution in [0.15, 0.2) is 41.7 Å². The van der Waals surface area contributed by atoms with Gasteiger partial charge in [-0.05, 0) is 25.0 Å². The number of benzene rings is 1. The van der Waals surface area contributed by atoms with Crippen molar-refractivity contribution in [1.82, 2.24) is 20.4 Å². The quantitative estimate of drug-likeness (QED) is 0.603. The molecule has 0 aliphatic rings. The van der Waals surface area contributed by atoms with Gasteiger partial charge in [0.2, 0.25) is 0 Å². The Hall–Kier alpha value is -2.50. The Morgan fingerprint density at radius 1 is 1.30 bits per heavy atom. The molecule has 6 nitrogen and oxygen atoms in total. The first-order chi connectivity index (χ1) is 11.2. The van der Waals surface area contributed by atoms with Crippen molar-refractivity contribution in [3.05, 3.63) is 47.8 Å². The molecule has 0 saturated carbocycles. The van der Waals surface area contributed by atoms with E-state index in [4.69, 9.17) is 4.74 Å². The minimum atomic E-state index is 0.662. The summed E-state index contributed by atoms with van der Waals surface area (Å²) in [5.41, 5.74) is 2.32. The van der Waals surface area contributed by atoms with Crippen LogP contribution in [0, 0.1) is 0 Å². The molecule has 0 bridgehead atoms. The van der Waals surface area contributed by atoms with Crippen LogP contribution in [0.1, 0.15) is 18.1 Å². The molecule has 6 heteroatoms. The van der Waals surface area contributed by atoms with E-state index in [0.29, 0.717) is 13.2 Å². The summed E-state index contributed by atoms with van der Waals surface area (Å²) in [6, 6.07) is 8.04. The fourth-order valence-electron chi connectivity index (χ4n) is 2.27. The largest absolute Gasteiger partial charge is 0.494 e. The van der Waals surface area contributed by atoms with Crippen LogP contribution in [0.5, 0.6) is 5.75 Å². The summed E-state index contributed by atoms with van der Waals surface area (Å²) in [7, 11) is 3.70. The molecule has 1 heterocycles. The molecule has 0 fully saturated rings. The van der Waals surface area contributed by atoms with E-state index >= 15 is 0 Å². The highest BCUT2D eigenvalue weighted by atomic mass is 16.5. The zero-order valence-electron chi connectivity index (χ0n) is 14.0. The molecule has 0 saturated heterocycles. The van der Waals surface area contributed by atoms with Crippen molar-refractivity contribution < 1.29 is 4.74 Å². The minimum Gasteiger partial charge on any atom is -0.494 e. The van der Waals surface area contributed by atoms with Gasteiger partial charge in [-0.2, -0.15) is 5.10 Å². The van der Waals surface area contributed by atoms with E-state index in [1.54, 1.807) is 7.05 Å². The molecule has 0 aliphatic carbocycles. The summed E-state index contributed by atoms with van der Waals surface area (Å²) < 4.78 is 7.45. The average Bonchev–Trinajstić information content (AvgIpc) is 2.97. The number of ether oxygens (including phenoxy) is 1. The number of aliphatic imine (C=N–C) groups is 1. The molecule has 0 amide bonds. The third kappa shape index (κ3) is 5.32. The fourth-order valence-corrected chi connectivity index (χ4v) is 2.27. The normalized spacial score (nSPS) is 11.3. The highest BCUT2D eigenvalue weighted by molar-refractivity contribution is 5.79. The molecular weight excluding hydrogens is 290 g/mol. The Kier molecular flexibility index (Phi) is 6.47. The smallest absolute Gasteiger partial charge is 0.191 e. The number of aromatic nitrogens is 2. The predicted molar refractivity (Wildman–Crippen MR) is 92.7 cm³/mol. The highest BCUT2D eigenvalue weighted by Gasteiger charge is 2.04. The van der Waals surface area contributed by atoms with E-state index in [1.165, 1.54) is 5.56 Å². The van der Waals surface area contributed by atoms with Gasteiger partial charge < -0.3 is 15.4 Å². The Morgan fingerprint density at radius 3 is 2.83 bits per heavy atom. The second-order valence-corrected chi connectivity index (χ2v) is 5.17. The molecule has 1 aromatic heterocycles. The van der Waals surface area contributed by atoms with E-state index in [-0.39, 0.29) is 0 Å². The van der Waals surface area contributed by atoms with Gasteiger partial charge in [-0.3, -0.25) is 9.67 Å². The van der Waals surface area contributed by atoms with Crippen molar-refractivity contribution in [3.8, 4) is 5.75 Å². The number of rotatable bonds is 7. The Morgan fingerprint density at radius 2 is 2.13 bits per heavy atom. The van der Waals surface area contributed by atoms with Crippen LogP contribution in [0.3, 0.4) is 0 Å². The highest BCUT2D eigenvalue weighted by Crippen LogP contribution is 2.17. The average molecular weight is 315 g/mol. The van der Waals surface area contributed by atoms with Crippen LogP contribution < -0.4 is 15.4 Å². The van der Waals surface area contributed by atoms with E-state index in [0.717, 1.165) is 30.2 Å². The number of nitrogens with one attached hydrogen (secondary N) is 2. The number of hydrogen-bond donors (Lipinski definition) is 2. The van der Waals surface area contributed by atoms with Crippen LogP contribution in [-0.2, 0) is 20.0 Å². The maximum absolute atomic E-state index is 5.63. The monoisotopic (exact) mass is 315 g/mol. The van der Waals surface area contributed by atoms with Crippen LogP contribution in [0.25, 0.3) is 0 Å².